The van der Waals surface area contributed by atoms with Crippen LogP contribution in [0.25, 0.3) is 6.08 Å². The van der Waals surface area contributed by atoms with Gasteiger partial charge in [-0.25, -0.2) is 9.59 Å². The lowest BCUT2D eigenvalue weighted by atomic mass is 10.1. The fourth-order valence-corrected chi connectivity index (χ4v) is 3.15. The Balaban J connectivity index is 1.84. The Morgan fingerprint density at radius 2 is 1.86 bits per heavy atom. The maximum absolute atomic E-state index is 11.9. The van der Waals surface area contributed by atoms with E-state index in [0.29, 0.717) is 5.69 Å². The highest BCUT2D eigenvalue weighted by Gasteiger charge is 2.15. The summed E-state index contributed by atoms with van der Waals surface area (Å²) in [5.74, 6) is 1.20. The van der Waals surface area contributed by atoms with Gasteiger partial charge in [0, 0.05) is 17.8 Å². The Bertz CT molecular complexity index is 522. The van der Waals surface area contributed by atoms with Crippen LogP contribution in [0.5, 0.6) is 0 Å². The monoisotopic (exact) mass is 306 g/mol. The third kappa shape index (κ3) is 5.51. The summed E-state index contributed by atoms with van der Waals surface area (Å²) in [7, 11) is 0. The number of thioether (sulfide) groups is 1. The van der Waals surface area contributed by atoms with Gasteiger partial charge in [0.15, 0.2) is 0 Å². The first-order chi connectivity index (χ1) is 10.1. The molecule has 1 aliphatic heterocycles. The molecule has 2 amide bonds. The minimum atomic E-state index is -0.984. The maximum atomic E-state index is 11.9. The number of carbonyl (C=O) groups excluding carboxylic acids is 1. The summed E-state index contributed by atoms with van der Waals surface area (Å²) in [5, 5.41) is 14.3. The van der Waals surface area contributed by atoms with Crippen molar-refractivity contribution in [3.8, 4) is 0 Å². The molecule has 0 radical (unpaired) electrons. The highest BCUT2D eigenvalue weighted by molar-refractivity contribution is 7.99. The predicted molar refractivity (Wildman–Crippen MR) is 85.6 cm³/mol. The van der Waals surface area contributed by atoms with Crippen LogP contribution in [-0.4, -0.2) is 34.7 Å². The van der Waals surface area contributed by atoms with E-state index in [0.717, 1.165) is 36.0 Å². The molecule has 21 heavy (non-hydrogen) atoms. The van der Waals surface area contributed by atoms with Crippen LogP contribution in [-0.2, 0) is 4.79 Å². The number of carbonyl (C=O) groups is 2. The number of amides is 2. The Morgan fingerprint density at radius 1 is 1.19 bits per heavy atom. The van der Waals surface area contributed by atoms with Crippen molar-refractivity contribution in [2.45, 2.75) is 18.9 Å². The van der Waals surface area contributed by atoms with E-state index in [-0.39, 0.29) is 12.1 Å². The zero-order valence-electron chi connectivity index (χ0n) is 11.5. The molecular formula is C15H18N2O3S. The van der Waals surface area contributed by atoms with Crippen molar-refractivity contribution in [1.29, 1.82) is 0 Å². The molecule has 112 valence electrons. The van der Waals surface area contributed by atoms with E-state index in [9.17, 15) is 9.59 Å². The smallest absolute Gasteiger partial charge is 0.328 e. The second kappa shape index (κ2) is 7.73. The molecule has 0 aliphatic carbocycles. The van der Waals surface area contributed by atoms with Crippen molar-refractivity contribution < 1.29 is 14.7 Å². The molecule has 0 atom stereocenters. The number of anilines is 1. The van der Waals surface area contributed by atoms with Gasteiger partial charge in [-0.05, 0) is 48.1 Å². The molecule has 1 aromatic carbocycles. The van der Waals surface area contributed by atoms with E-state index in [4.69, 9.17) is 5.11 Å². The molecule has 0 aromatic heterocycles. The number of carboxylic acids is 1. The van der Waals surface area contributed by atoms with Crippen molar-refractivity contribution in [2.24, 2.45) is 0 Å². The second-order valence-corrected chi connectivity index (χ2v) is 6.00. The molecule has 2 rings (SSSR count). The first kappa shape index (κ1) is 15.4. The summed E-state index contributed by atoms with van der Waals surface area (Å²) < 4.78 is 0. The maximum Gasteiger partial charge on any atom is 0.328 e. The summed E-state index contributed by atoms with van der Waals surface area (Å²) in [6, 6.07) is 7.07. The van der Waals surface area contributed by atoms with E-state index in [1.54, 1.807) is 24.3 Å². The molecule has 1 fully saturated rings. The van der Waals surface area contributed by atoms with Crippen molar-refractivity contribution in [3.05, 3.63) is 35.9 Å². The van der Waals surface area contributed by atoms with Crippen LogP contribution in [0.3, 0.4) is 0 Å². The summed E-state index contributed by atoms with van der Waals surface area (Å²) in [6.45, 7) is 0. The molecular weight excluding hydrogens is 288 g/mol. The van der Waals surface area contributed by atoms with E-state index in [1.807, 2.05) is 11.8 Å². The zero-order chi connectivity index (χ0) is 15.1. The fraction of sp³-hybridized carbons (Fsp3) is 0.333. The van der Waals surface area contributed by atoms with Crippen LogP contribution < -0.4 is 10.6 Å². The lowest BCUT2D eigenvalue weighted by Gasteiger charge is -2.22. The quantitative estimate of drug-likeness (QED) is 0.747. The number of carboxylic acid groups (broad SMARTS) is 1. The van der Waals surface area contributed by atoms with Gasteiger partial charge in [-0.2, -0.15) is 11.8 Å². The largest absolute Gasteiger partial charge is 0.478 e. The van der Waals surface area contributed by atoms with E-state index in [1.165, 1.54) is 6.08 Å². The van der Waals surface area contributed by atoms with Gasteiger partial charge in [0.2, 0.25) is 0 Å². The van der Waals surface area contributed by atoms with Gasteiger partial charge in [0.1, 0.15) is 0 Å². The van der Waals surface area contributed by atoms with Crippen LogP contribution in [0.1, 0.15) is 18.4 Å². The number of hydrogen-bond acceptors (Lipinski definition) is 3. The van der Waals surface area contributed by atoms with Gasteiger partial charge >= 0.3 is 12.0 Å². The van der Waals surface area contributed by atoms with Gasteiger partial charge in [-0.1, -0.05) is 12.1 Å². The van der Waals surface area contributed by atoms with E-state index < -0.39 is 5.97 Å². The molecule has 6 heteroatoms. The average Bonchev–Trinajstić information content (AvgIpc) is 2.47. The lowest BCUT2D eigenvalue weighted by Crippen LogP contribution is -2.39. The third-order valence-corrected chi connectivity index (χ3v) is 4.19. The Kier molecular flexibility index (Phi) is 5.68. The normalized spacial score (nSPS) is 15.8. The summed E-state index contributed by atoms with van der Waals surface area (Å²) in [6.07, 6.45) is 4.61. The molecule has 0 spiro atoms. The van der Waals surface area contributed by atoms with Crippen molar-refractivity contribution in [3.63, 3.8) is 0 Å². The SMILES string of the molecule is O=C(O)/C=C/c1ccc(NC(=O)NC2CCSCC2)cc1. The molecule has 1 saturated heterocycles. The second-order valence-electron chi connectivity index (χ2n) is 4.78. The average molecular weight is 306 g/mol. The number of hydrogen-bond donors (Lipinski definition) is 3. The molecule has 1 heterocycles. The molecule has 0 unspecified atom stereocenters. The van der Waals surface area contributed by atoms with E-state index in [2.05, 4.69) is 10.6 Å². The molecule has 1 aromatic rings. The molecule has 5 nitrogen and oxygen atoms in total. The minimum absolute atomic E-state index is 0.194. The topological polar surface area (TPSA) is 78.4 Å². The zero-order valence-corrected chi connectivity index (χ0v) is 12.4. The number of benzene rings is 1. The van der Waals surface area contributed by atoms with Crippen LogP contribution in [0.4, 0.5) is 10.5 Å². The number of aliphatic carboxylic acids is 1. The third-order valence-electron chi connectivity index (χ3n) is 3.14. The van der Waals surface area contributed by atoms with E-state index >= 15 is 0 Å². The summed E-state index contributed by atoms with van der Waals surface area (Å²) in [4.78, 5) is 22.3. The molecule has 1 aliphatic rings. The number of urea groups is 1. The predicted octanol–water partition coefficient (Wildman–Crippen LogP) is 2.80. The van der Waals surface area contributed by atoms with Gasteiger partial charge in [-0.15, -0.1) is 0 Å². The van der Waals surface area contributed by atoms with Crippen molar-refractivity contribution >= 4 is 35.5 Å². The lowest BCUT2D eigenvalue weighted by molar-refractivity contribution is -0.131. The van der Waals surface area contributed by atoms with Gasteiger partial charge in [0.25, 0.3) is 0 Å². The molecule has 0 bridgehead atoms. The Labute approximate surface area is 127 Å². The fourth-order valence-electron chi connectivity index (χ4n) is 2.04. The van der Waals surface area contributed by atoms with Gasteiger partial charge in [0.05, 0.1) is 0 Å². The van der Waals surface area contributed by atoms with Crippen molar-refractivity contribution in [1.82, 2.24) is 5.32 Å². The van der Waals surface area contributed by atoms with Gasteiger partial charge < -0.3 is 15.7 Å². The van der Waals surface area contributed by atoms with Crippen LogP contribution >= 0.6 is 11.8 Å². The van der Waals surface area contributed by atoms with Crippen LogP contribution in [0, 0.1) is 0 Å². The standard InChI is InChI=1S/C15H18N2O3S/c18-14(19)6-3-11-1-4-12(5-2-11)16-15(20)17-13-7-9-21-10-8-13/h1-6,13H,7-10H2,(H,18,19)(H2,16,17,20)/b6-3+. The highest BCUT2D eigenvalue weighted by Crippen LogP contribution is 2.17. The van der Waals surface area contributed by atoms with Crippen molar-refractivity contribution in [2.75, 3.05) is 16.8 Å². The Morgan fingerprint density at radius 3 is 2.48 bits per heavy atom. The molecule has 3 N–H and O–H groups in total. The minimum Gasteiger partial charge on any atom is -0.478 e. The molecule has 0 saturated carbocycles. The number of rotatable bonds is 4. The summed E-state index contributed by atoms with van der Waals surface area (Å²) in [5.41, 5.74) is 1.46. The summed E-state index contributed by atoms with van der Waals surface area (Å²) >= 11 is 1.92. The first-order valence-corrected chi connectivity index (χ1v) is 7.95. The number of nitrogens with one attached hydrogen (secondary N) is 2. The first-order valence-electron chi connectivity index (χ1n) is 6.80. The van der Waals surface area contributed by atoms with Crippen LogP contribution in [0.15, 0.2) is 30.3 Å². The van der Waals surface area contributed by atoms with Gasteiger partial charge in [-0.3, -0.25) is 0 Å². The highest BCUT2D eigenvalue weighted by atomic mass is 32.2. The Hall–Kier alpha value is -1.95. The van der Waals surface area contributed by atoms with Crippen LogP contribution in [0.2, 0.25) is 0 Å².